The zero-order valence-corrected chi connectivity index (χ0v) is 17.7. The van der Waals surface area contributed by atoms with Crippen molar-refractivity contribution in [2.45, 2.75) is 36.4 Å². The average molecular weight is 388 g/mol. The van der Waals surface area contributed by atoms with Crippen molar-refractivity contribution in [3.8, 4) is 0 Å². The van der Waals surface area contributed by atoms with Gasteiger partial charge in [0.25, 0.3) is 0 Å². The minimum Gasteiger partial charge on any atom is -0.378 e. The lowest BCUT2D eigenvalue weighted by molar-refractivity contribution is -0.250. The van der Waals surface area contributed by atoms with E-state index in [1.807, 2.05) is 14.2 Å². The summed E-state index contributed by atoms with van der Waals surface area (Å²) in [5, 5.41) is 2.74. The maximum absolute atomic E-state index is 6.19. The minimum atomic E-state index is -0.595. The Hall–Kier alpha value is -2.36. The van der Waals surface area contributed by atoms with Gasteiger partial charge in [-0.25, -0.2) is 0 Å². The third-order valence-electron chi connectivity index (χ3n) is 7.25. The van der Waals surface area contributed by atoms with Gasteiger partial charge in [-0.05, 0) is 58.4 Å². The van der Waals surface area contributed by atoms with E-state index in [9.17, 15) is 0 Å². The van der Waals surface area contributed by atoms with E-state index < -0.39 is 5.79 Å². The van der Waals surface area contributed by atoms with Crippen molar-refractivity contribution in [2.24, 2.45) is 0 Å². The fourth-order valence-electron chi connectivity index (χ4n) is 5.87. The van der Waals surface area contributed by atoms with Gasteiger partial charge in [0.15, 0.2) is 5.79 Å². The molecule has 150 valence electrons. The summed E-state index contributed by atoms with van der Waals surface area (Å²) in [6, 6.07) is 22.4. The predicted octanol–water partition coefficient (Wildman–Crippen LogP) is 5.65. The summed E-state index contributed by atoms with van der Waals surface area (Å²) >= 11 is 0. The second-order valence-corrected chi connectivity index (χ2v) is 8.68. The van der Waals surface area contributed by atoms with Crippen LogP contribution >= 0.6 is 0 Å². The fraction of sp³-hybridized carbons (Fsp3) is 0.385. The van der Waals surface area contributed by atoms with E-state index in [0.717, 1.165) is 12.8 Å². The fourth-order valence-corrected chi connectivity index (χ4v) is 5.87. The van der Waals surface area contributed by atoms with Crippen LogP contribution in [-0.2, 0) is 9.47 Å². The third-order valence-corrected chi connectivity index (χ3v) is 7.25. The van der Waals surface area contributed by atoms with Gasteiger partial charge in [-0.1, -0.05) is 48.5 Å². The Balaban J connectivity index is 1.64. The van der Waals surface area contributed by atoms with Crippen molar-refractivity contribution in [3.63, 3.8) is 0 Å². The molecular weight excluding hydrogens is 358 g/mol. The Morgan fingerprint density at radius 2 is 1.34 bits per heavy atom. The lowest BCUT2D eigenvalue weighted by Gasteiger charge is -2.53. The molecule has 3 atom stereocenters. The SMILES string of the molecule is COC1(OC)[C@@H]2CC(c3ccc(N(C)C)cc3)C[C@H]1c1cccc3cccc2c13. The number of benzene rings is 3. The number of rotatable bonds is 4. The maximum atomic E-state index is 6.19. The van der Waals surface area contributed by atoms with Crippen molar-refractivity contribution in [1.29, 1.82) is 0 Å². The minimum absolute atomic E-state index is 0.216. The van der Waals surface area contributed by atoms with Crippen LogP contribution in [0.5, 0.6) is 0 Å². The zero-order chi connectivity index (χ0) is 20.2. The van der Waals surface area contributed by atoms with Crippen LogP contribution in [0.1, 0.15) is 47.3 Å². The molecule has 0 aliphatic heterocycles. The molecule has 3 aromatic carbocycles. The number of ether oxygens (including phenoxy) is 2. The van der Waals surface area contributed by atoms with Gasteiger partial charge in [-0.3, -0.25) is 0 Å². The summed E-state index contributed by atoms with van der Waals surface area (Å²) in [5.74, 6) is 0.327. The second-order valence-electron chi connectivity index (χ2n) is 8.68. The van der Waals surface area contributed by atoms with Crippen LogP contribution in [-0.4, -0.2) is 34.1 Å². The molecule has 3 nitrogen and oxygen atoms in total. The smallest absolute Gasteiger partial charge is 0.181 e. The van der Waals surface area contributed by atoms with Crippen LogP contribution in [0.25, 0.3) is 10.8 Å². The number of fused-ring (bicyclic) bond motifs is 4. The largest absolute Gasteiger partial charge is 0.378 e. The molecule has 1 unspecified atom stereocenters. The summed E-state index contributed by atoms with van der Waals surface area (Å²) < 4.78 is 12.4. The first-order valence-electron chi connectivity index (χ1n) is 10.5. The van der Waals surface area contributed by atoms with Crippen LogP contribution in [0.15, 0.2) is 60.7 Å². The third kappa shape index (κ3) is 2.64. The molecule has 0 N–H and O–H groups in total. The van der Waals surface area contributed by atoms with E-state index in [2.05, 4.69) is 79.7 Å². The summed E-state index contributed by atoms with van der Waals surface area (Å²) in [4.78, 5) is 2.15. The van der Waals surface area contributed by atoms with E-state index in [1.165, 1.54) is 33.2 Å². The highest BCUT2D eigenvalue weighted by Crippen LogP contribution is 2.60. The Morgan fingerprint density at radius 1 is 0.793 bits per heavy atom. The highest BCUT2D eigenvalue weighted by atomic mass is 16.7. The monoisotopic (exact) mass is 387 g/mol. The van der Waals surface area contributed by atoms with Gasteiger partial charge in [0, 0.05) is 45.8 Å². The maximum Gasteiger partial charge on any atom is 0.181 e. The molecule has 1 fully saturated rings. The van der Waals surface area contributed by atoms with E-state index in [4.69, 9.17) is 9.47 Å². The van der Waals surface area contributed by atoms with Crippen LogP contribution in [0.3, 0.4) is 0 Å². The van der Waals surface area contributed by atoms with Crippen LogP contribution in [0.4, 0.5) is 5.69 Å². The highest BCUT2D eigenvalue weighted by molar-refractivity contribution is 5.91. The molecule has 2 aliphatic rings. The predicted molar refractivity (Wildman–Crippen MR) is 119 cm³/mol. The summed E-state index contributed by atoms with van der Waals surface area (Å²) in [6.45, 7) is 0. The molecule has 0 heterocycles. The normalized spacial score (nSPS) is 24.5. The molecule has 2 bridgehead atoms. The first-order chi connectivity index (χ1) is 14.1. The Morgan fingerprint density at radius 3 is 1.83 bits per heavy atom. The molecular formula is C26H29NO2. The van der Waals surface area contributed by atoms with Crippen LogP contribution < -0.4 is 4.90 Å². The number of hydrogen-bond donors (Lipinski definition) is 0. The molecule has 29 heavy (non-hydrogen) atoms. The second kappa shape index (κ2) is 6.86. The van der Waals surface area contributed by atoms with Gasteiger partial charge in [0.05, 0.1) is 0 Å². The van der Waals surface area contributed by atoms with Crippen molar-refractivity contribution in [2.75, 3.05) is 33.2 Å². The summed E-state index contributed by atoms with van der Waals surface area (Å²) in [6.07, 6.45) is 2.07. The molecule has 0 amide bonds. The zero-order valence-electron chi connectivity index (χ0n) is 17.7. The molecule has 5 rings (SSSR count). The molecule has 0 aromatic heterocycles. The van der Waals surface area contributed by atoms with E-state index in [0.29, 0.717) is 5.92 Å². The van der Waals surface area contributed by atoms with Gasteiger partial charge in [0.1, 0.15) is 0 Å². The van der Waals surface area contributed by atoms with Gasteiger partial charge < -0.3 is 14.4 Å². The summed E-state index contributed by atoms with van der Waals surface area (Å²) in [7, 11) is 7.79. The van der Waals surface area contributed by atoms with Crippen LogP contribution in [0.2, 0.25) is 0 Å². The van der Waals surface area contributed by atoms with Crippen molar-refractivity contribution >= 4 is 16.5 Å². The van der Waals surface area contributed by atoms with E-state index >= 15 is 0 Å². The lowest BCUT2D eigenvalue weighted by Crippen LogP contribution is -2.52. The number of methoxy groups -OCH3 is 2. The van der Waals surface area contributed by atoms with Crippen molar-refractivity contribution in [3.05, 3.63) is 77.4 Å². The standard InChI is InChI=1S/C26H29NO2/c1-27(2)20-13-11-17(12-14-20)19-15-23-21-9-5-7-18-8-6-10-22(25(18)21)24(16-19)26(23,28-3)29-4/h5-14,19,23-24H,15-16H2,1-4H3/t19?,23-,24+. The van der Waals surface area contributed by atoms with Crippen molar-refractivity contribution < 1.29 is 9.47 Å². The summed E-state index contributed by atoms with van der Waals surface area (Å²) in [5.41, 5.74) is 5.39. The molecule has 3 heteroatoms. The molecule has 0 saturated heterocycles. The molecule has 0 spiro atoms. The average Bonchev–Trinajstić information content (AvgIpc) is 2.76. The van der Waals surface area contributed by atoms with Gasteiger partial charge in [-0.2, -0.15) is 0 Å². The molecule has 3 aromatic rings. The highest BCUT2D eigenvalue weighted by Gasteiger charge is 2.56. The number of anilines is 1. The molecule has 0 radical (unpaired) electrons. The Kier molecular flexibility index (Phi) is 4.41. The van der Waals surface area contributed by atoms with Crippen molar-refractivity contribution in [1.82, 2.24) is 0 Å². The molecule has 2 aliphatic carbocycles. The topological polar surface area (TPSA) is 21.7 Å². The Bertz CT molecular complexity index is 986. The van der Waals surface area contributed by atoms with E-state index in [-0.39, 0.29) is 11.8 Å². The quantitative estimate of drug-likeness (QED) is 0.540. The molecule has 1 saturated carbocycles. The number of hydrogen-bond acceptors (Lipinski definition) is 3. The van der Waals surface area contributed by atoms with E-state index in [1.54, 1.807) is 0 Å². The van der Waals surface area contributed by atoms with Crippen LogP contribution in [0, 0.1) is 0 Å². The number of nitrogens with zero attached hydrogens (tertiary/aromatic N) is 1. The first kappa shape index (κ1) is 18.7. The van der Waals surface area contributed by atoms with Gasteiger partial charge in [0.2, 0.25) is 0 Å². The first-order valence-corrected chi connectivity index (χ1v) is 10.5. The Labute approximate surface area is 173 Å². The van der Waals surface area contributed by atoms with Gasteiger partial charge in [-0.15, -0.1) is 0 Å². The van der Waals surface area contributed by atoms with Gasteiger partial charge >= 0.3 is 0 Å². The lowest BCUT2D eigenvalue weighted by atomic mass is 9.60.